The molecular formula is C19H33N3O2. The molecule has 0 radical (unpaired) electrons. The molecule has 2 fully saturated rings. The van der Waals surface area contributed by atoms with Crippen LogP contribution in [0.2, 0.25) is 0 Å². The maximum absolute atomic E-state index is 12.1. The van der Waals surface area contributed by atoms with Crippen molar-refractivity contribution < 1.29 is 9.59 Å². The number of amides is 1. The van der Waals surface area contributed by atoms with Crippen molar-refractivity contribution >= 4 is 11.7 Å². The number of piperidine rings is 1. The number of hydrogen-bond donors (Lipinski definition) is 0. The van der Waals surface area contributed by atoms with Crippen molar-refractivity contribution in [3.8, 4) is 0 Å². The number of allylic oxidation sites excluding steroid dienone is 1. The number of ketones is 1. The standard InChI is InChI=1S/C19H33N3O2/c1-3-18(23)6-7-19(24)22-11-8-17(9-12-22)5-4-10-21-15-13-20(2)14-16-21/h3,17H,1,4-16H2,2H3. The van der Waals surface area contributed by atoms with E-state index in [1.54, 1.807) is 0 Å². The molecule has 5 heteroatoms. The van der Waals surface area contributed by atoms with Crippen molar-refractivity contribution in [1.82, 2.24) is 14.7 Å². The van der Waals surface area contributed by atoms with Crippen LogP contribution in [-0.4, -0.2) is 79.3 Å². The SMILES string of the molecule is C=CC(=O)CCC(=O)N1CCC(CCCN2CCN(C)CC2)CC1. The number of piperazine rings is 1. The predicted octanol–water partition coefficient (Wildman–Crippen LogP) is 1.79. The lowest BCUT2D eigenvalue weighted by Crippen LogP contribution is -2.44. The first kappa shape index (κ1) is 19.1. The highest BCUT2D eigenvalue weighted by molar-refractivity contribution is 5.92. The van der Waals surface area contributed by atoms with Gasteiger partial charge in [0.05, 0.1) is 0 Å². The molecule has 2 rings (SSSR count). The minimum Gasteiger partial charge on any atom is -0.343 e. The van der Waals surface area contributed by atoms with Gasteiger partial charge in [-0.15, -0.1) is 0 Å². The summed E-state index contributed by atoms with van der Waals surface area (Å²) in [4.78, 5) is 30.2. The van der Waals surface area contributed by atoms with E-state index < -0.39 is 0 Å². The summed E-state index contributed by atoms with van der Waals surface area (Å²) in [6.45, 7) is 11.2. The van der Waals surface area contributed by atoms with Gasteiger partial charge < -0.3 is 14.7 Å². The first-order valence-electron chi connectivity index (χ1n) is 9.42. The van der Waals surface area contributed by atoms with Crippen LogP contribution in [0.1, 0.15) is 38.5 Å². The van der Waals surface area contributed by atoms with Crippen molar-refractivity contribution in [1.29, 1.82) is 0 Å². The van der Waals surface area contributed by atoms with Crippen LogP contribution in [0.5, 0.6) is 0 Å². The molecule has 2 heterocycles. The number of likely N-dealkylation sites (tertiary alicyclic amines) is 1. The Hall–Kier alpha value is -1.20. The molecule has 0 bridgehead atoms. The van der Waals surface area contributed by atoms with Gasteiger partial charge in [-0.2, -0.15) is 0 Å². The normalized spacial score (nSPS) is 21.0. The lowest BCUT2D eigenvalue weighted by atomic mass is 9.92. The summed E-state index contributed by atoms with van der Waals surface area (Å²) in [5.74, 6) is 0.847. The van der Waals surface area contributed by atoms with Crippen LogP contribution in [0.15, 0.2) is 12.7 Å². The molecule has 0 N–H and O–H groups in total. The Balaban J connectivity index is 1.56. The molecule has 5 nitrogen and oxygen atoms in total. The molecule has 0 aromatic rings. The van der Waals surface area contributed by atoms with E-state index in [4.69, 9.17) is 0 Å². The van der Waals surface area contributed by atoms with Crippen LogP contribution in [0, 0.1) is 5.92 Å². The van der Waals surface area contributed by atoms with Crippen LogP contribution in [0.3, 0.4) is 0 Å². The summed E-state index contributed by atoms with van der Waals surface area (Å²) >= 11 is 0. The molecule has 136 valence electrons. The Morgan fingerprint density at radius 3 is 2.33 bits per heavy atom. The molecule has 0 aliphatic carbocycles. The Kier molecular flexibility index (Phi) is 7.92. The molecule has 0 aromatic carbocycles. The quantitative estimate of drug-likeness (QED) is 0.634. The van der Waals surface area contributed by atoms with Gasteiger partial charge in [-0.1, -0.05) is 6.58 Å². The number of rotatable bonds is 8. The van der Waals surface area contributed by atoms with E-state index in [1.165, 1.54) is 51.6 Å². The van der Waals surface area contributed by atoms with E-state index in [9.17, 15) is 9.59 Å². The molecule has 0 atom stereocenters. The van der Waals surface area contributed by atoms with Gasteiger partial charge in [0.1, 0.15) is 0 Å². The Morgan fingerprint density at radius 1 is 1.04 bits per heavy atom. The Bertz CT molecular complexity index is 422. The highest BCUT2D eigenvalue weighted by atomic mass is 16.2. The smallest absolute Gasteiger partial charge is 0.223 e. The minimum absolute atomic E-state index is 0.0397. The second-order valence-electron chi connectivity index (χ2n) is 7.28. The van der Waals surface area contributed by atoms with Gasteiger partial charge in [-0.05, 0) is 51.3 Å². The number of carbonyl (C=O) groups excluding carboxylic acids is 2. The fraction of sp³-hybridized carbons (Fsp3) is 0.789. The second-order valence-corrected chi connectivity index (χ2v) is 7.28. The maximum atomic E-state index is 12.1. The average molecular weight is 335 g/mol. The molecule has 2 saturated heterocycles. The van der Waals surface area contributed by atoms with Gasteiger partial charge in [-0.3, -0.25) is 9.59 Å². The minimum atomic E-state index is -0.0397. The van der Waals surface area contributed by atoms with E-state index in [2.05, 4.69) is 23.4 Å². The van der Waals surface area contributed by atoms with Gasteiger partial charge in [-0.25, -0.2) is 0 Å². The zero-order valence-electron chi connectivity index (χ0n) is 15.2. The summed E-state index contributed by atoms with van der Waals surface area (Å²) in [5, 5.41) is 0. The van der Waals surface area contributed by atoms with Gasteiger partial charge in [0, 0.05) is 52.1 Å². The summed E-state index contributed by atoms with van der Waals surface area (Å²) in [6.07, 6.45) is 6.72. The third kappa shape index (κ3) is 6.36. The van der Waals surface area contributed by atoms with E-state index in [-0.39, 0.29) is 11.7 Å². The van der Waals surface area contributed by atoms with E-state index in [1.807, 2.05) is 4.90 Å². The zero-order chi connectivity index (χ0) is 17.4. The van der Waals surface area contributed by atoms with Crippen molar-refractivity contribution in [2.75, 3.05) is 52.9 Å². The Labute approximate surface area is 146 Å². The highest BCUT2D eigenvalue weighted by Crippen LogP contribution is 2.22. The summed E-state index contributed by atoms with van der Waals surface area (Å²) < 4.78 is 0. The molecule has 0 spiro atoms. The van der Waals surface area contributed by atoms with Crippen LogP contribution >= 0.6 is 0 Å². The highest BCUT2D eigenvalue weighted by Gasteiger charge is 2.23. The molecule has 1 amide bonds. The van der Waals surface area contributed by atoms with Gasteiger partial charge in [0.25, 0.3) is 0 Å². The van der Waals surface area contributed by atoms with Crippen LogP contribution in [0.4, 0.5) is 0 Å². The van der Waals surface area contributed by atoms with Crippen LogP contribution < -0.4 is 0 Å². The van der Waals surface area contributed by atoms with Gasteiger partial charge in [0.15, 0.2) is 5.78 Å². The number of carbonyl (C=O) groups is 2. The maximum Gasteiger partial charge on any atom is 0.223 e. The third-order valence-corrected chi connectivity index (χ3v) is 5.46. The molecule has 24 heavy (non-hydrogen) atoms. The molecule has 0 saturated carbocycles. The average Bonchev–Trinajstić information content (AvgIpc) is 2.61. The third-order valence-electron chi connectivity index (χ3n) is 5.46. The van der Waals surface area contributed by atoms with Gasteiger partial charge >= 0.3 is 0 Å². The zero-order valence-corrected chi connectivity index (χ0v) is 15.2. The fourth-order valence-electron chi connectivity index (χ4n) is 3.64. The molecular weight excluding hydrogens is 302 g/mol. The van der Waals surface area contributed by atoms with Crippen molar-refractivity contribution in [3.63, 3.8) is 0 Å². The fourth-order valence-corrected chi connectivity index (χ4v) is 3.64. The van der Waals surface area contributed by atoms with E-state index >= 15 is 0 Å². The largest absolute Gasteiger partial charge is 0.343 e. The van der Waals surface area contributed by atoms with E-state index in [0.717, 1.165) is 31.8 Å². The summed E-state index contributed by atoms with van der Waals surface area (Å²) in [6, 6.07) is 0. The molecule has 2 aliphatic rings. The van der Waals surface area contributed by atoms with Crippen LogP contribution in [0.25, 0.3) is 0 Å². The first-order valence-corrected chi connectivity index (χ1v) is 9.42. The number of likely N-dealkylation sites (N-methyl/N-ethyl adjacent to an activating group) is 1. The topological polar surface area (TPSA) is 43.9 Å². The van der Waals surface area contributed by atoms with Gasteiger partial charge in [0.2, 0.25) is 5.91 Å². The first-order chi connectivity index (χ1) is 11.6. The summed E-state index contributed by atoms with van der Waals surface area (Å²) in [5.41, 5.74) is 0. The predicted molar refractivity (Wildman–Crippen MR) is 96.9 cm³/mol. The van der Waals surface area contributed by atoms with Crippen LogP contribution in [-0.2, 0) is 9.59 Å². The second kappa shape index (κ2) is 9.94. The van der Waals surface area contributed by atoms with E-state index in [0.29, 0.717) is 12.8 Å². The summed E-state index contributed by atoms with van der Waals surface area (Å²) in [7, 11) is 2.19. The lowest BCUT2D eigenvalue weighted by molar-refractivity contribution is -0.134. The van der Waals surface area contributed by atoms with Crippen molar-refractivity contribution in [2.24, 2.45) is 5.92 Å². The number of hydrogen-bond acceptors (Lipinski definition) is 4. The monoisotopic (exact) mass is 335 g/mol. The molecule has 2 aliphatic heterocycles. The Morgan fingerprint density at radius 2 is 1.71 bits per heavy atom. The lowest BCUT2D eigenvalue weighted by Gasteiger charge is -2.34. The molecule has 0 aromatic heterocycles. The van der Waals surface area contributed by atoms with Crippen molar-refractivity contribution in [3.05, 3.63) is 12.7 Å². The van der Waals surface area contributed by atoms with Crippen molar-refractivity contribution in [2.45, 2.75) is 38.5 Å². The number of nitrogens with zero attached hydrogens (tertiary/aromatic N) is 3. The molecule has 0 unspecified atom stereocenters.